The fraction of sp³-hybridized carbons (Fsp3) is 0.385. The van der Waals surface area contributed by atoms with E-state index in [0.29, 0.717) is 22.9 Å². The van der Waals surface area contributed by atoms with Gasteiger partial charge in [0.15, 0.2) is 10.8 Å². The fourth-order valence-corrected chi connectivity index (χ4v) is 2.55. The van der Waals surface area contributed by atoms with Crippen LogP contribution in [0.2, 0.25) is 5.15 Å². The normalized spacial score (nSPS) is 21.5. The Morgan fingerprint density at radius 3 is 3.10 bits per heavy atom. The largest absolute Gasteiger partial charge is 0.465 e. The average molecular weight is 293 g/mol. The molecule has 0 N–H and O–H groups in total. The van der Waals surface area contributed by atoms with Crippen LogP contribution in [0, 0.1) is 5.92 Å². The van der Waals surface area contributed by atoms with E-state index in [9.17, 15) is 4.79 Å². The van der Waals surface area contributed by atoms with Gasteiger partial charge in [-0.25, -0.2) is 15.0 Å². The zero-order valence-corrected chi connectivity index (χ0v) is 11.6. The minimum atomic E-state index is -0.255. The van der Waals surface area contributed by atoms with Gasteiger partial charge in [-0.15, -0.1) is 0 Å². The standard InChI is InChI=1S/C13H13ClN4O2/c1-8(19)20-5-9-2-3-10(4-9)18-7-17-11-12(14)15-6-16-13(11)18/h2-3,6-7,9-10H,4-5H2,1H3. The number of halogens is 1. The Morgan fingerprint density at radius 2 is 2.30 bits per heavy atom. The first kappa shape index (κ1) is 13.1. The Morgan fingerprint density at radius 1 is 1.45 bits per heavy atom. The highest BCUT2D eigenvalue weighted by molar-refractivity contribution is 6.33. The Labute approximate surface area is 120 Å². The smallest absolute Gasteiger partial charge is 0.302 e. The predicted molar refractivity (Wildman–Crippen MR) is 73.3 cm³/mol. The van der Waals surface area contributed by atoms with Crippen molar-refractivity contribution in [2.45, 2.75) is 19.4 Å². The minimum absolute atomic E-state index is 0.145. The molecule has 0 fully saturated rings. The zero-order chi connectivity index (χ0) is 14.1. The van der Waals surface area contributed by atoms with E-state index in [0.717, 1.165) is 6.42 Å². The highest BCUT2D eigenvalue weighted by Gasteiger charge is 2.23. The number of rotatable bonds is 3. The number of imidazole rings is 1. The van der Waals surface area contributed by atoms with Crippen molar-refractivity contribution in [1.82, 2.24) is 19.5 Å². The van der Waals surface area contributed by atoms with Crippen molar-refractivity contribution in [2.75, 3.05) is 6.61 Å². The van der Waals surface area contributed by atoms with Crippen LogP contribution in [0.5, 0.6) is 0 Å². The third kappa shape index (κ3) is 2.38. The second kappa shape index (κ2) is 5.20. The van der Waals surface area contributed by atoms with Gasteiger partial charge >= 0.3 is 5.97 Å². The number of nitrogens with zero attached hydrogens (tertiary/aromatic N) is 4. The van der Waals surface area contributed by atoms with Crippen LogP contribution < -0.4 is 0 Å². The molecule has 7 heteroatoms. The number of allylic oxidation sites excluding steroid dienone is 1. The molecule has 20 heavy (non-hydrogen) atoms. The monoisotopic (exact) mass is 292 g/mol. The molecule has 6 nitrogen and oxygen atoms in total. The number of ether oxygens (including phenoxy) is 1. The first-order valence-electron chi connectivity index (χ1n) is 6.30. The molecule has 0 aromatic carbocycles. The van der Waals surface area contributed by atoms with Gasteiger partial charge in [-0.3, -0.25) is 4.79 Å². The summed E-state index contributed by atoms with van der Waals surface area (Å²) in [6, 6.07) is 0.145. The van der Waals surface area contributed by atoms with E-state index in [1.165, 1.54) is 13.3 Å². The van der Waals surface area contributed by atoms with Crippen molar-refractivity contribution in [1.29, 1.82) is 0 Å². The van der Waals surface area contributed by atoms with Crippen LogP contribution >= 0.6 is 11.6 Å². The predicted octanol–water partition coefficient (Wildman–Crippen LogP) is 2.16. The zero-order valence-electron chi connectivity index (χ0n) is 10.9. The molecular weight excluding hydrogens is 280 g/mol. The van der Waals surface area contributed by atoms with Gasteiger partial charge in [0.25, 0.3) is 0 Å². The molecule has 104 valence electrons. The van der Waals surface area contributed by atoms with Gasteiger partial charge in [0.1, 0.15) is 11.8 Å². The maximum atomic E-state index is 10.8. The van der Waals surface area contributed by atoms with E-state index in [1.54, 1.807) is 6.33 Å². The number of carbonyl (C=O) groups excluding carboxylic acids is 1. The molecule has 0 amide bonds. The quantitative estimate of drug-likeness (QED) is 0.492. The third-order valence-corrected chi connectivity index (χ3v) is 3.60. The van der Waals surface area contributed by atoms with Gasteiger partial charge in [0.05, 0.1) is 19.0 Å². The van der Waals surface area contributed by atoms with E-state index < -0.39 is 0 Å². The molecule has 0 saturated heterocycles. The van der Waals surface area contributed by atoms with Crippen LogP contribution in [0.3, 0.4) is 0 Å². The third-order valence-electron chi connectivity index (χ3n) is 3.32. The summed E-state index contributed by atoms with van der Waals surface area (Å²) in [6.07, 6.45) is 8.13. The summed E-state index contributed by atoms with van der Waals surface area (Å²) < 4.78 is 7.00. The highest BCUT2D eigenvalue weighted by Crippen LogP contribution is 2.30. The summed E-state index contributed by atoms with van der Waals surface area (Å²) in [7, 11) is 0. The van der Waals surface area contributed by atoms with Gasteiger partial charge < -0.3 is 9.30 Å². The van der Waals surface area contributed by atoms with E-state index in [-0.39, 0.29) is 17.9 Å². The summed E-state index contributed by atoms with van der Waals surface area (Å²) in [5, 5.41) is 0.354. The number of fused-ring (bicyclic) bond motifs is 1. The van der Waals surface area contributed by atoms with Crippen LogP contribution in [0.4, 0.5) is 0 Å². The molecule has 2 aromatic rings. The minimum Gasteiger partial charge on any atom is -0.465 e. The number of aromatic nitrogens is 4. The first-order chi connectivity index (χ1) is 9.65. The van der Waals surface area contributed by atoms with E-state index in [4.69, 9.17) is 16.3 Å². The van der Waals surface area contributed by atoms with Crippen molar-refractivity contribution < 1.29 is 9.53 Å². The van der Waals surface area contributed by atoms with Crippen molar-refractivity contribution >= 4 is 28.7 Å². The molecule has 0 bridgehead atoms. The number of carbonyl (C=O) groups is 1. The summed E-state index contributed by atoms with van der Waals surface area (Å²) in [5.41, 5.74) is 1.32. The van der Waals surface area contributed by atoms with Gasteiger partial charge in [0, 0.05) is 12.8 Å². The Hall–Kier alpha value is -1.95. The molecule has 1 aliphatic rings. The van der Waals surface area contributed by atoms with Crippen LogP contribution in [0.25, 0.3) is 11.2 Å². The lowest BCUT2D eigenvalue weighted by Gasteiger charge is -2.13. The lowest BCUT2D eigenvalue weighted by atomic mass is 10.1. The molecule has 3 rings (SSSR count). The van der Waals surface area contributed by atoms with E-state index in [1.807, 2.05) is 4.57 Å². The lowest BCUT2D eigenvalue weighted by molar-refractivity contribution is -0.141. The van der Waals surface area contributed by atoms with Crippen LogP contribution in [-0.2, 0) is 9.53 Å². The molecule has 2 unspecified atom stereocenters. The molecule has 0 radical (unpaired) electrons. The Kier molecular flexibility index (Phi) is 3.40. The van der Waals surface area contributed by atoms with Crippen LogP contribution in [-0.4, -0.2) is 32.1 Å². The maximum absolute atomic E-state index is 10.8. The second-order valence-corrected chi connectivity index (χ2v) is 5.10. The number of hydrogen-bond acceptors (Lipinski definition) is 5. The number of esters is 1. The molecule has 0 aliphatic heterocycles. The van der Waals surface area contributed by atoms with Gasteiger partial charge in [-0.2, -0.15) is 0 Å². The van der Waals surface area contributed by atoms with Crippen molar-refractivity contribution in [3.05, 3.63) is 30.0 Å². The fourth-order valence-electron chi connectivity index (χ4n) is 2.37. The summed E-state index contributed by atoms with van der Waals surface area (Å²) in [4.78, 5) is 23.2. The summed E-state index contributed by atoms with van der Waals surface area (Å²) >= 11 is 5.99. The lowest BCUT2D eigenvalue weighted by Crippen LogP contribution is -2.11. The maximum Gasteiger partial charge on any atom is 0.302 e. The molecule has 0 saturated carbocycles. The average Bonchev–Trinajstić information content (AvgIpc) is 3.02. The van der Waals surface area contributed by atoms with Gasteiger partial charge in [0.2, 0.25) is 0 Å². The Bertz CT molecular complexity index is 682. The summed E-state index contributed by atoms with van der Waals surface area (Å²) in [6.45, 7) is 1.82. The topological polar surface area (TPSA) is 69.9 Å². The van der Waals surface area contributed by atoms with E-state index in [2.05, 4.69) is 27.1 Å². The second-order valence-electron chi connectivity index (χ2n) is 4.74. The molecule has 2 heterocycles. The number of hydrogen-bond donors (Lipinski definition) is 0. The Balaban J connectivity index is 1.79. The van der Waals surface area contributed by atoms with Crippen molar-refractivity contribution in [3.8, 4) is 0 Å². The van der Waals surface area contributed by atoms with Gasteiger partial charge in [-0.05, 0) is 6.42 Å². The van der Waals surface area contributed by atoms with E-state index >= 15 is 0 Å². The highest BCUT2D eigenvalue weighted by atomic mass is 35.5. The molecule has 0 spiro atoms. The van der Waals surface area contributed by atoms with Crippen molar-refractivity contribution in [2.24, 2.45) is 5.92 Å². The molecule has 2 atom stereocenters. The first-order valence-corrected chi connectivity index (χ1v) is 6.67. The molecule has 1 aliphatic carbocycles. The van der Waals surface area contributed by atoms with Gasteiger partial charge in [-0.1, -0.05) is 23.8 Å². The molecular formula is C13H13ClN4O2. The van der Waals surface area contributed by atoms with Crippen LogP contribution in [0.15, 0.2) is 24.8 Å². The summed E-state index contributed by atoms with van der Waals surface area (Å²) in [5.74, 6) is -0.0342. The SMILES string of the molecule is CC(=O)OCC1C=CC(n2cnc3c(Cl)ncnc32)C1. The van der Waals surface area contributed by atoms with Crippen LogP contribution in [0.1, 0.15) is 19.4 Å². The molecule has 2 aromatic heterocycles. The van der Waals surface area contributed by atoms with Crippen molar-refractivity contribution in [3.63, 3.8) is 0 Å².